The van der Waals surface area contributed by atoms with Gasteiger partial charge in [-0.2, -0.15) is 0 Å². The molecule has 0 fully saturated rings. The summed E-state index contributed by atoms with van der Waals surface area (Å²) in [6, 6.07) is 4.85. The lowest BCUT2D eigenvalue weighted by atomic mass is 10.1. The van der Waals surface area contributed by atoms with Crippen LogP contribution in [0.25, 0.3) is 11.3 Å². The molecule has 0 N–H and O–H groups in total. The Morgan fingerprint density at radius 2 is 2.22 bits per heavy atom. The number of carbonyl (C=O) groups excluding carboxylic acids is 1. The second kappa shape index (κ2) is 4.95. The third kappa shape index (κ3) is 2.22. The summed E-state index contributed by atoms with van der Waals surface area (Å²) in [5.74, 6) is -2.76. The molecule has 2 rings (SSSR count). The quantitative estimate of drug-likeness (QED) is 0.789. The van der Waals surface area contributed by atoms with Crippen LogP contribution in [0.1, 0.15) is 17.4 Å². The average Bonchev–Trinajstić information content (AvgIpc) is 2.82. The zero-order chi connectivity index (χ0) is 13.1. The van der Waals surface area contributed by atoms with Crippen molar-refractivity contribution in [3.8, 4) is 11.3 Å². The number of halogens is 2. The summed E-state index contributed by atoms with van der Waals surface area (Å²) in [6.07, 6.45) is 0. The monoisotopic (exact) mass is 253 g/mol. The molecule has 0 aliphatic heterocycles. The Hall–Kier alpha value is -2.24. The zero-order valence-electron chi connectivity index (χ0n) is 9.44. The van der Waals surface area contributed by atoms with Crippen molar-refractivity contribution in [2.24, 2.45) is 0 Å². The van der Waals surface area contributed by atoms with Crippen molar-refractivity contribution < 1.29 is 22.8 Å². The van der Waals surface area contributed by atoms with Gasteiger partial charge in [-0.1, -0.05) is 11.2 Å². The molecule has 0 saturated carbocycles. The molecule has 0 aliphatic rings. The van der Waals surface area contributed by atoms with Crippen molar-refractivity contribution in [2.75, 3.05) is 6.61 Å². The Balaban J connectivity index is 2.35. The molecule has 0 unspecified atom stereocenters. The third-order valence-corrected chi connectivity index (χ3v) is 2.21. The summed E-state index contributed by atoms with van der Waals surface area (Å²) >= 11 is 0. The topological polar surface area (TPSA) is 52.3 Å². The summed E-state index contributed by atoms with van der Waals surface area (Å²) < 4.78 is 36.0. The van der Waals surface area contributed by atoms with Crippen LogP contribution in [0.3, 0.4) is 0 Å². The molecule has 0 aliphatic carbocycles. The van der Waals surface area contributed by atoms with E-state index in [2.05, 4.69) is 5.16 Å². The number of aromatic nitrogens is 1. The van der Waals surface area contributed by atoms with Gasteiger partial charge < -0.3 is 9.26 Å². The fourth-order valence-corrected chi connectivity index (χ4v) is 1.40. The van der Waals surface area contributed by atoms with Gasteiger partial charge in [-0.15, -0.1) is 0 Å². The first-order valence-corrected chi connectivity index (χ1v) is 5.21. The molecule has 1 aromatic carbocycles. The Morgan fingerprint density at radius 3 is 2.94 bits per heavy atom. The van der Waals surface area contributed by atoms with Gasteiger partial charge in [0.2, 0.25) is 0 Å². The summed E-state index contributed by atoms with van der Waals surface area (Å²) in [7, 11) is 0. The van der Waals surface area contributed by atoms with Crippen LogP contribution in [0.4, 0.5) is 8.78 Å². The van der Waals surface area contributed by atoms with Crippen LogP contribution < -0.4 is 0 Å². The van der Waals surface area contributed by atoms with Crippen LogP contribution in [0, 0.1) is 11.6 Å². The van der Waals surface area contributed by atoms with E-state index in [1.165, 1.54) is 18.2 Å². The van der Waals surface area contributed by atoms with E-state index in [1.807, 2.05) is 0 Å². The number of esters is 1. The molecule has 4 nitrogen and oxygen atoms in total. The molecule has 18 heavy (non-hydrogen) atoms. The SMILES string of the molecule is CCOC(=O)c1cc(-c2cccc(F)c2F)on1. The van der Waals surface area contributed by atoms with Gasteiger partial charge >= 0.3 is 5.97 Å². The Morgan fingerprint density at radius 1 is 1.44 bits per heavy atom. The highest BCUT2D eigenvalue weighted by Gasteiger charge is 2.18. The number of ether oxygens (including phenoxy) is 1. The van der Waals surface area contributed by atoms with Crippen LogP contribution >= 0.6 is 0 Å². The van der Waals surface area contributed by atoms with Gasteiger partial charge in [0.15, 0.2) is 23.1 Å². The van der Waals surface area contributed by atoms with E-state index in [9.17, 15) is 13.6 Å². The smallest absolute Gasteiger partial charge is 0.360 e. The Labute approximate surface area is 101 Å². The normalized spacial score (nSPS) is 10.4. The van der Waals surface area contributed by atoms with Crippen LogP contribution in [0.5, 0.6) is 0 Å². The lowest BCUT2D eigenvalue weighted by Gasteiger charge is -1.98. The average molecular weight is 253 g/mol. The summed E-state index contributed by atoms with van der Waals surface area (Å²) in [6.45, 7) is 1.83. The third-order valence-electron chi connectivity index (χ3n) is 2.21. The zero-order valence-corrected chi connectivity index (χ0v) is 9.44. The predicted octanol–water partition coefficient (Wildman–Crippen LogP) is 2.80. The van der Waals surface area contributed by atoms with E-state index in [1.54, 1.807) is 6.92 Å². The minimum atomic E-state index is -1.05. The molecular formula is C12H9F2NO3. The number of carbonyl (C=O) groups is 1. The van der Waals surface area contributed by atoms with Gasteiger partial charge in [-0.05, 0) is 19.1 Å². The van der Waals surface area contributed by atoms with Crippen molar-refractivity contribution in [1.29, 1.82) is 0 Å². The first kappa shape index (κ1) is 12.2. The van der Waals surface area contributed by atoms with Gasteiger partial charge in [0, 0.05) is 6.07 Å². The van der Waals surface area contributed by atoms with Crippen molar-refractivity contribution >= 4 is 5.97 Å². The van der Waals surface area contributed by atoms with Crippen LogP contribution in [-0.2, 0) is 4.74 Å². The lowest BCUT2D eigenvalue weighted by Crippen LogP contribution is -2.04. The number of rotatable bonds is 3. The molecule has 6 heteroatoms. The lowest BCUT2D eigenvalue weighted by molar-refractivity contribution is 0.0514. The number of nitrogens with zero attached hydrogens (tertiary/aromatic N) is 1. The van der Waals surface area contributed by atoms with E-state index >= 15 is 0 Å². The maximum Gasteiger partial charge on any atom is 0.360 e. The van der Waals surface area contributed by atoms with E-state index in [-0.39, 0.29) is 23.6 Å². The largest absolute Gasteiger partial charge is 0.461 e. The van der Waals surface area contributed by atoms with Gasteiger partial charge in [0.25, 0.3) is 0 Å². The minimum absolute atomic E-state index is 0.0324. The fraction of sp³-hybridized carbons (Fsp3) is 0.167. The van der Waals surface area contributed by atoms with Crippen LogP contribution in [0.15, 0.2) is 28.8 Å². The number of benzene rings is 1. The van der Waals surface area contributed by atoms with Gasteiger partial charge in [0.1, 0.15) is 0 Å². The van der Waals surface area contributed by atoms with E-state index in [4.69, 9.17) is 9.26 Å². The first-order chi connectivity index (χ1) is 8.63. The van der Waals surface area contributed by atoms with Crippen molar-refractivity contribution in [3.63, 3.8) is 0 Å². The Bertz CT molecular complexity index is 580. The molecule has 1 heterocycles. The second-order valence-corrected chi connectivity index (χ2v) is 3.40. The molecule has 0 amide bonds. The van der Waals surface area contributed by atoms with E-state index in [0.717, 1.165) is 6.07 Å². The standard InChI is InChI=1S/C12H9F2NO3/c1-2-17-12(16)9-6-10(18-15-9)7-4-3-5-8(13)11(7)14/h3-6H,2H2,1H3. The Kier molecular flexibility index (Phi) is 3.36. The summed E-state index contributed by atoms with van der Waals surface area (Å²) in [4.78, 5) is 11.3. The van der Waals surface area contributed by atoms with Gasteiger partial charge in [0.05, 0.1) is 12.2 Å². The number of hydrogen-bond acceptors (Lipinski definition) is 4. The second-order valence-electron chi connectivity index (χ2n) is 3.40. The molecule has 0 radical (unpaired) electrons. The summed E-state index contributed by atoms with van der Waals surface area (Å²) in [5, 5.41) is 3.44. The van der Waals surface area contributed by atoms with Crippen LogP contribution in [-0.4, -0.2) is 17.7 Å². The molecule has 0 atom stereocenters. The number of hydrogen-bond donors (Lipinski definition) is 0. The molecule has 94 valence electrons. The van der Waals surface area contributed by atoms with Crippen LogP contribution in [0.2, 0.25) is 0 Å². The van der Waals surface area contributed by atoms with E-state index in [0.29, 0.717) is 0 Å². The summed E-state index contributed by atoms with van der Waals surface area (Å²) in [5.41, 5.74) is -0.187. The highest BCUT2D eigenvalue weighted by molar-refractivity contribution is 5.88. The van der Waals surface area contributed by atoms with Crippen molar-refractivity contribution in [1.82, 2.24) is 5.16 Å². The van der Waals surface area contributed by atoms with Gasteiger partial charge in [-0.3, -0.25) is 0 Å². The maximum atomic E-state index is 13.5. The molecule has 0 spiro atoms. The van der Waals surface area contributed by atoms with Gasteiger partial charge in [-0.25, -0.2) is 13.6 Å². The van der Waals surface area contributed by atoms with Crippen molar-refractivity contribution in [2.45, 2.75) is 6.92 Å². The molecule has 0 saturated heterocycles. The highest BCUT2D eigenvalue weighted by Crippen LogP contribution is 2.25. The molecule has 1 aromatic heterocycles. The predicted molar refractivity (Wildman–Crippen MR) is 57.8 cm³/mol. The molecule has 0 bridgehead atoms. The first-order valence-electron chi connectivity index (χ1n) is 5.21. The maximum absolute atomic E-state index is 13.5. The highest BCUT2D eigenvalue weighted by atomic mass is 19.2. The minimum Gasteiger partial charge on any atom is -0.461 e. The fourth-order valence-electron chi connectivity index (χ4n) is 1.40. The van der Waals surface area contributed by atoms with E-state index < -0.39 is 17.6 Å². The molecular weight excluding hydrogens is 244 g/mol. The molecule has 2 aromatic rings. The van der Waals surface area contributed by atoms with Crippen molar-refractivity contribution in [3.05, 3.63) is 41.6 Å².